The zero-order valence-corrected chi connectivity index (χ0v) is 26.8. The van der Waals surface area contributed by atoms with E-state index in [1.807, 2.05) is 4.98 Å². The van der Waals surface area contributed by atoms with Crippen molar-refractivity contribution < 1.29 is 150 Å². The molecule has 1 aliphatic rings. The number of phosphoric acid groups is 3. The van der Waals surface area contributed by atoms with Crippen molar-refractivity contribution in [3.63, 3.8) is 0 Å². The summed E-state index contributed by atoms with van der Waals surface area (Å²) in [6.07, 6.45) is -5.78. The Morgan fingerprint density at radius 1 is 1.03 bits per heavy atom. The van der Waals surface area contributed by atoms with Crippen molar-refractivity contribution in [3.8, 4) is 0 Å². The number of fused-ring (bicyclic) bond motifs is 1. The molecule has 0 aromatic carbocycles. The SMILES string of the molecule is O=c1[nH]c(=O)c2ncn([C@@H]3O[C@H](COP(=O)([O-])OP(=O)([O-])OP(=O)([O-])O)C(O)[C@@H]3O)c2[nH]1.[Na+].[Na+].[Na+]. The second kappa shape index (κ2) is 13.7. The Balaban J connectivity index is 0.00000385. The Hall–Kier alpha value is 1.44. The molecule has 0 bridgehead atoms. The van der Waals surface area contributed by atoms with Gasteiger partial charge in [-0.15, -0.1) is 0 Å². The molecule has 35 heavy (non-hydrogen) atoms. The molecule has 1 saturated heterocycles. The van der Waals surface area contributed by atoms with Crippen LogP contribution in [0.4, 0.5) is 0 Å². The normalized spacial score (nSPS) is 26.9. The minimum atomic E-state index is -6.12. The quantitative estimate of drug-likeness (QED) is 0.141. The van der Waals surface area contributed by atoms with E-state index in [0.717, 1.165) is 10.9 Å². The summed E-state index contributed by atoms with van der Waals surface area (Å²) >= 11 is 0. The van der Waals surface area contributed by atoms with Gasteiger partial charge in [0.15, 0.2) is 11.7 Å². The average Bonchev–Trinajstić information content (AvgIpc) is 3.12. The van der Waals surface area contributed by atoms with Gasteiger partial charge in [-0.2, -0.15) is 0 Å². The number of H-pyrrole nitrogens is 2. The third-order valence-electron chi connectivity index (χ3n) is 3.88. The smallest absolute Gasteiger partial charge is 0.756 e. The first-order valence-electron chi connectivity index (χ1n) is 8.02. The number of imidazole rings is 1. The maximum atomic E-state index is 11.7. The minimum absolute atomic E-state index is 0. The van der Waals surface area contributed by atoms with Crippen LogP contribution in [-0.4, -0.2) is 59.5 Å². The van der Waals surface area contributed by atoms with Crippen LogP contribution in [0.25, 0.3) is 11.2 Å². The number of ether oxygens (including phenoxy) is 1. The average molecular weight is 590 g/mol. The Kier molecular flexibility index (Phi) is 14.2. The van der Waals surface area contributed by atoms with E-state index in [1.54, 1.807) is 0 Å². The predicted molar refractivity (Wildman–Crippen MR) is 90.1 cm³/mol. The van der Waals surface area contributed by atoms with Gasteiger partial charge in [-0.1, -0.05) is 0 Å². The zero-order valence-electron chi connectivity index (χ0n) is 18.1. The van der Waals surface area contributed by atoms with Crippen LogP contribution in [0.3, 0.4) is 0 Å². The Bertz CT molecular complexity index is 1280. The fraction of sp³-hybridized carbons (Fsp3) is 0.500. The minimum Gasteiger partial charge on any atom is -0.756 e. The summed E-state index contributed by atoms with van der Waals surface area (Å²) in [5.74, 6) is 0. The first-order chi connectivity index (χ1) is 14.6. The Morgan fingerprint density at radius 3 is 2.20 bits per heavy atom. The topological polar surface area (TPSA) is 302 Å². The van der Waals surface area contributed by atoms with Gasteiger partial charge in [-0.05, 0) is 0 Å². The van der Waals surface area contributed by atoms with Crippen LogP contribution in [0.1, 0.15) is 6.23 Å². The van der Waals surface area contributed by atoms with Crippen molar-refractivity contribution in [2.45, 2.75) is 24.5 Å². The van der Waals surface area contributed by atoms with Crippen LogP contribution in [0.5, 0.6) is 0 Å². The zero-order chi connectivity index (χ0) is 24.1. The van der Waals surface area contributed by atoms with Crippen molar-refractivity contribution in [3.05, 3.63) is 27.2 Å². The van der Waals surface area contributed by atoms with Crippen LogP contribution < -0.4 is 115 Å². The molecule has 19 nitrogen and oxygen atoms in total. The molecule has 0 amide bonds. The van der Waals surface area contributed by atoms with E-state index >= 15 is 0 Å². The number of aliphatic hydroxyl groups is 2. The van der Waals surface area contributed by atoms with Gasteiger partial charge >= 0.3 is 94.4 Å². The van der Waals surface area contributed by atoms with Gasteiger partial charge in [-0.3, -0.25) is 33.0 Å². The molecular formula is C10H12N4Na3O15P3. The fourth-order valence-corrected chi connectivity index (χ4v) is 5.59. The number of nitrogens with one attached hydrogen (secondary N) is 2. The van der Waals surface area contributed by atoms with Gasteiger partial charge in [0.1, 0.15) is 24.0 Å². The number of hydrogen-bond donors (Lipinski definition) is 5. The summed E-state index contributed by atoms with van der Waals surface area (Å²) in [6, 6.07) is 0. The summed E-state index contributed by atoms with van der Waals surface area (Å²) in [4.78, 5) is 72.6. The fourth-order valence-electron chi connectivity index (χ4n) is 2.69. The molecular weight excluding hydrogens is 578 g/mol. The third kappa shape index (κ3) is 9.54. The van der Waals surface area contributed by atoms with E-state index < -0.39 is 65.9 Å². The van der Waals surface area contributed by atoms with Gasteiger partial charge in [0.05, 0.1) is 12.9 Å². The van der Waals surface area contributed by atoms with E-state index in [2.05, 4.69) is 23.1 Å². The number of aliphatic hydroxyl groups excluding tert-OH is 2. The molecule has 180 valence electrons. The first kappa shape index (κ1) is 36.4. The van der Waals surface area contributed by atoms with Gasteiger partial charge in [0.2, 0.25) is 0 Å². The number of aromatic amines is 2. The maximum Gasteiger partial charge on any atom is 1.00 e. The molecule has 2 aromatic heterocycles. The molecule has 1 fully saturated rings. The van der Waals surface area contributed by atoms with Crippen molar-refractivity contribution in [2.75, 3.05) is 6.61 Å². The van der Waals surface area contributed by atoms with E-state index in [0.29, 0.717) is 0 Å². The Labute approximate surface area is 259 Å². The van der Waals surface area contributed by atoms with Gasteiger partial charge < -0.3 is 39.0 Å². The number of aromatic nitrogens is 4. The summed E-state index contributed by atoms with van der Waals surface area (Å²) < 4.78 is 50.1. The van der Waals surface area contributed by atoms with Gasteiger partial charge in [0, 0.05) is 0 Å². The molecule has 0 saturated carbocycles. The second-order valence-electron chi connectivity index (χ2n) is 6.13. The van der Waals surface area contributed by atoms with Crippen molar-refractivity contribution >= 4 is 34.6 Å². The van der Waals surface area contributed by atoms with Crippen LogP contribution in [0.15, 0.2) is 15.9 Å². The maximum absolute atomic E-state index is 11.7. The van der Waals surface area contributed by atoms with Gasteiger partial charge in [-0.25, -0.2) is 18.4 Å². The van der Waals surface area contributed by atoms with Crippen LogP contribution >= 0.6 is 23.5 Å². The molecule has 3 heterocycles. The van der Waals surface area contributed by atoms with Crippen molar-refractivity contribution in [1.82, 2.24) is 19.5 Å². The first-order valence-corrected chi connectivity index (χ1v) is 12.4. The van der Waals surface area contributed by atoms with Crippen LogP contribution in [0, 0.1) is 0 Å². The summed E-state index contributed by atoms with van der Waals surface area (Å²) in [6.45, 7) is -1.15. The number of nitrogens with zero attached hydrogens (tertiary/aromatic N) is 2. The van der Waals surface area contributed by atoms with E-state index in [4.69, 9.17) is 9.63 Å². The summed E-state index contributed by atoms with van der Waals surface area (Å²) in [5, 5.41) is 20.3. The molecule has 3 rings (SSSR count). The molecule has 0 spiro atoms. The van der Waals surface area contributed by atoms with Crippen LogP contribution in [0.2, 0.25) is 0 Å². The summed E-state index contributed by atoms with van der Waals surface area (Å²) in [7, 11) is -17.9. The monoisotopic (exact) mass is 590 g/mol. The van der Waals surface area contributed by atoms with E-state index in [1.165, 1.54) is 0 Å². The summed E-state index contributed by atoms with van der Waals surface area (Å²) in [5.41, 5.74) is -2.24. The van der Waals surface area contributed by atoms with Gasteiger partial charge in [0.25, 0.3) is 29.0 Å². The largest absolute Gasteiger partial charge is 1.00 e. The molecule has 25 heteroatoms. The second-order valence-corrected chi connectivity index (χ2v) is 10.4. The molecule has 7 atom stereocenters. The van der Waals surface area contributed by atoms with Crippen molar-refractivity contribution in [1.29, 1.82) is 0 Å². The molecule has 4 unspecified atom stereocenters. The number of phosphoric ester groups is 1. The van der Waals surface area contributed by atoms with E-state index in [-0.39, 0.29) is 99.8 Å². The molecule has 5 N–H and O–H groups in total. The molecule has 2 aromatic rings. The number of hydrogen-bond acceptors (Lipinski definition) is 15. The van der Waals surface area contributed by atoms with Crippen LogP contribution in [-0.2, 0) is 31.6 Å². The molecule has 0 aliphatic carbocycles. The molecule has 0 radical (unpaired) electrons. The Morgan fingerprint density at radius 2 is 1.63 bits per heavy atom. The number of rotatable bonds is 8. The van der Waals surface area contributed by atoms with E-state index in [9.17, 15) is 48.2 Å². The standard InChI is InChI=1S/C10H15N4O15P3.3Na/c15-5-3(1-26-31(22,23)29-32(24,25)28-30(19,20)21)27-9(6(5)16)14-2-11-4-7(14)12-10(18)13-8(4)17;;;/h2-3,5-6,9,15-16H,1H2,(H,22,23)(H,24,25)(H2,19,20,21)(H2,12,13,17,18);;;/q;3*+1/p-3/t3-,5?,6+,9-;;;/m1.../s1. The third-order valence-corrected chi connectivity index (χ3v) is 7.57. The van der Waals surface area contributed by atoms with Crippen molar-refractivity contribution in [2.24, 2.45) is 0 Å². The molecule has 1 aliphatic heterocycles. The predicted octanol–water partition coefficient (Wildman–Crippen LogP) is -13.5.